The van der Waals surface area contributed by atoms with Crippen molar-refractivity contribution in [1.82, 2.24) is 0 Å². The molecular weight excluding hydrogens is 531 g/mol. The molecule has 0 saturated carbocycles. The first-order valence-electron chi connectivity index (χ1n) is 14.3. The Balaban J connectivity index is 2.36. The van der Waals surface area contributed by atoms with E-state index in [-0.39, 0.29) is 5.78 Å². The number of benzene rings is 3. The third kappa shape index (κ3) is 6.79. The summed E-state index contributed by atoms with van der Waals surface area (Å²) < 4.78 is 5.99. The second-order valence-electron chi connectivity index (χ2n) is 10.4. The van der Waals surface area contributed by atoms with Crippen LogP contribution in [0.3, 0.4) is 0 Å². The average molecular weight is 577 g/mol. The first-order chi connectivity index (χ1) is 17.1. The Morgan fingerprint density at radius 3 is 1.80 bits per heavy atom. The van der Waals surface area contributed by atoms with Crippen molar-refractivity contribution in [3.63, 3.8) is 0 Å². The molecule has 0 aromatic heterocycles. The van der Waals surface area contributed by atoms with E-state index in [2.05, 4.69) is 58.0 Å². The Bertz CT molecular complexity index is 1050. The van der Waals surface area contributed by atoms with Gasteiger partial charge < -0.3 is 0 Å². The van der Waals surface area contributed by atoms with Crippen LogP contribution in [0.5, 0.6) is 0 Å². The zero-order valence-electron chi connectivity index (χ0n) is 22.7. The Morgan fingerprint density at radius 1 is 0.686 bits per heavy atom. The molecule has 0 N–H and O–H groups in total. The maximum absolute atomic E-state index is 14.2. The summed E-state index contributed by atoms with van der Waals surface area (Å²) >= 11 is -2.77. The fraction of sp³-hybridized carbons (Fsp3) is 0.485. The van der Waals surface area contributed by atoms with E-state index >= 15 is 0 Å². The zero-order valence-corrected chi connectivity index (χ0v) is 25.5. The van der Waals surface area contributed by atoms with Gasteiger partial charge in [-0.2, -0.15) is 0 Å². The third-order valence-corrected chi connectivity index (χ3v) is 23.6. The summed E-state index contributed by atoms with van der Waals surface area (Å²) in [5.41, 5.74) is 3.27. The molecule has 3 aromatic carbocycles. The fourth-order valence-electron chi connectivity index (χ4n) is 5.79. The number of hydrogen-bond acceptors (Lipinski definition) is 1. The fourth-order valence-corrected chi connectivity index (χ4v) is 22.9. The van der Waals surface area contributed by atoms with Crippen LogP contribution in [0.15, 0.2) is 60.7 Å². The van der Waals surface area contributed by atoms with E-state index < -0.39 is 18.4 Å². The number of rotatable bonds is 15. The summed E-state index contributed by atoms with van der Waals surface area (Å²) in [5, 5.41) is 2.42. The number of hydrogen-bond donors (Lipinski definition) is 0. The van der Waals surface area contributed by atoms with E-state index in [4.69, 9.17) is 0 Å². The maximum atomic E-state index is 14.2. The van der Waals surface area contributed by atoms with Crippen LogP contribution in [0.25, 0.3) is 10.8 Å². The number of carbonyl (C=O) groups excluding carboxylic acids is 1. The monoisotopic (exact) mass is 578 g/mol. The molecule has 0 atom stereocenters. The van der Waals surface area contributed by atoms with Gasteiger partial charge in [0, 0.05) is 0 Å². The molecule has 0 fully saturated rings. The minimum atomic E-state index is -2.77. The number of unbranched alkanes of at least 4 members (excludes halogenated alkanes) is 4. The molecule has 3 rings (SSSR count). The van der Waals surface area contributed by atoms with E-state index in [1.807, 2.05) is 30.3 Å². The predicted molar refractivity (Wildman–Crippen MR) is 157 cm³/mol. The van der Waals surface area contributed by atoms with Crippen molar-refractivity contribution in [2.75, 3.05) is 0 Å². The first-order valence-corrected chi connectivity index (χ1v) is 21.7. The van der Waals surface area contributed by atoms with E-state index in [0.717, 1.165) is 35.8 Å². The summed E-state index contributed by atoms with van der Waals surface area (Å²) in [6, 6.07) is 21.3. The SMILES string of the molecule is CCCCc1[c]([Sn]([CH2]CCC)([CH2]CCC)[CH2]CCC)cc2ccccc2c1C(=O)c1ccccc1. The molecule has 188 valence electrons. The van der Waals surface area contributed by atoms with Crippen LogP contribution in [0.4, 0.5) is 0 Å². The van der Waals surface area contributed by atoms with Gasteiger partial charge in [-0.1, -0.05) is 0 Å². The van der Waals surface area contributed by atoms with Gasteiger partial charge in [0.15, 0.2) is 0 Å². The molecule has 35 heavy (non-hydrogen) atoms. The molecule has 3 aromatic rings. The van der Waals surface area contributed by atoms with Crippen molar-refractivity contribution in [2.24, 2.45) is 0 Å². The average Bonchev–Trinajstić information content (AvgIpc) is 2.91. The predicted octanol–water partition coefficient (Wildman–Crippen LogP) is 9.47. The van der Waals surface area contributed by atoms with Crippen LogP contribution >= 0.6 is 0 Å². The van der Waals surface area contributed by atoms with Gasteiger partial charge in [0.1, 0.15) is 0 Å². The molecule has 1 nitrogen and oxygen atoms in total. The molecule has 0 aliphatic carbocycles. The van der Waals surface area contributed by atoms with E-state index in [9.17, 15) is 4.79 Å². The summed E-state index contributed by atoms with van der Waals surface area (Å²) in [6.45, 7) is 9.32. The van der Waals surface area contributed by atoms with Gasteiger partial charge in [-0.25, -0.2) is 0 Å². The van der Waals surface area contributed by atoms with Crippen molar-refractivity contribution < 1.29 is 4.79 Å². The van der Waals surface area contributed by atoms with Crippen LogP contribution in [0, 0.1) is 0 Å². The number of fused-ring (bicyclic) bond motifs is 1. The molecule has 0 spiro atoms. The quantitative estimate of drug-likeness (QED) is 0.130. The van der Waals surface area contributed by atoms with Gasteiger partial charge in [0.05, 0.1) is 0 Å². The summed E-state index contributed by atoms with van der Waals surface area (Å²) in [7, 11) is 0. The normalized spacial score (nSPS) is 11.8. The van der Waals surface area contributed by atoms with Crippen LogP contribution in [0.2, 0.25) is 13.3 Å². The molecule has 0 heterocycles. The zero-order chi connectivity index (χ0) is 25.1. The first kappa shape index (κ1) is 28.0. The van der Waals surface area contributed by atoms with E-state index in [0.29, 0.717) is 0 Å². The van der Waals surface area contributed by atoms with Crippen LogP contribution in [0.1, 0.15) is 101 Å². The molecule has 2 heteroatoms. The molecular formula is C33H46OSn. The van der Waals surface area contributed by atoms with Gasteiger partial charge in [-0.15, -0.1) is 0 Å². The molecule has 0 unspecified atom stereocenters. The summed E-state index contributed by atoms with van der Waals surface area (Å²) in [4.78, 5) is 14.2. The van der Waals surface area contributed by atoms with Gasteiger partial charge in [-0.05, 0) is 0 Å². The van der Waals surface area contributed by atoms with Gasteiger partial charge in [0.25, 0.3) is 0 Å². The standard InChI is InChI=1S/C21H19O.3C4H9.Sn/c1-2-3-9-17-15-14-16-10-7-8-13-19(16)20(17)21(22)18-11-5-4-6-12-18;3*1-3-4-2;/h4-8,10-14H,2-3,9H2,1H3;3*1,3-4H2,2H3;. The van der Waals surface area contributed by atoms with Gasteiger partial charge in [-0.3, -0.25) is 0 Å². The number of carbonyl (C=O) groups is 1. The van der Waals surface area contributed by atoms with Gasteiger partial charge >= 0.3 is 219 Å². The van der Waals surface area contributed by atoms with Crippen molar-refractivity contribution in [3.05, 3.63) is 77.4 Å². The molecule has 0 aliphatic rings. The van der Waals surface area contributed by atoms with Crippen LogP contribution in [-0.4, -0.2) is 24.2 Å². The molecule has 0 amide bonds. The Labute approximate surface area is 218 Å². The number of ketones is 1. The molecule has 0 saturated heterocycles. The van der Waals surface area contributed by atoms with E-state index in [1.165, 1.54) is 62.8 Å². The Morgan fingerprint density at radius 2 is 1.23 bits per heavy atom. The van der Waals surface area contributed by atoms with Crippen LogP contribution in [-0.2, 0) is 6.42 Å². The second-order valence-corrected chi connectivity index (χ2v) is 23.5. The van der Waals surface area contributed by atoms with E-state index in [1.54, 1.807) is 3.58 Å². The topological polar surface area (TPSA) is 17.1 Å². The molecule has 0 aliphatic heterocycles. The molecule has 0 radical (unpaired) electrons. The molecule has 0 bridgehead atoms. The summed E-state index contributed by atoms with van der Waals surface area (Å²) in [5.74, 6) is 0.219. The van der Waals surface area contributed by atoms with Crippen molar-refractivity contribution in [2.45, 2.75) is 98.8 Å². The third-order valence-electron chi connectivity index (χ3n) is 7.80. The van der Waals surface area contributed by atoms with Crippen molar-refractivity contribution in [1.29, 1.82) is 0 Å². The summed E-state index contributed by atoms with van der Waals surface area (Å²) in [6.07, 6.45) is 11.2. The van der Waals surface area contributed by atoms with Crippen molar-refractivity contribution >= 4 is 38.5 Å². The van der Waals surface area contributed by atoms with Gasteiger partial charge in [0.2, 0.25) is 0 Å². The Hall–Kier alpha value is -1.61. The Kier molecular flexibility index (Phi) is 11.4. The minimum absolute atomic E-state index is 0.219. The van der Waals surface area contributed by atoms with Crippen molar-refractivity contribution in [3.8, 4) is 0 Å². The van der Waals surface area contributed by atoms with Crippen LogP contribution < -0.4 is 3.58 Å². The second kappa shape index (κ2) is 14.2.